The van der Waals surface area contributed by atoms with Crippen LogP contribution in [0.4, 0.5) is 0 Å². The highest BCUT2D eigenvalue weighted by molar-refractivity contribution is 4.87. The van der Waals surface area contributed by atoms with Crippen molar-refractivity contribution in [3.63, 3.8) is 0 Å². The van der Waals surface area contributed by atoms with Gasteiger partial charge in [-0.25, -0.2) is 0 Å². The van der Waals surface area contributed by atoms with Gasteiger partial charge in [-0.2, -0.15) is 4.98 Å². The first-order valence-corrected chi connectivity index (χ1v) is 7.81. The summed E-state index contributed by atoms with van der Waals surface area (Å²) in [6, 6.07) is 0.688. The summed E-state index contributed by atoms with van der Waals surface area (Å²) in [5, 5.41) is 4.06. The summed E-state index contributed by atoms with van der Waals surface area (Å²) in [7, 11) is 2.19. The quantitative estimate of drug-likeness (QED) is 0.737. The van der Waals surface area contributed by atoms with Crippen LogP contribution in [0.2, 0.25) is 0 Å². The number of hydrogen-bond donors (Lipinski definition) is 0. The van der Waals surface area contributed by atoms with Crippen LogP contribution in [0.5, 0.6) is 0 Å². The van der Waals surface area contributed by atoms with Gasteiger partial charge in [-0.1, -0.05) is 44.2 Å². The van der Waals surface area contributed by atoms with Crippen LogP contribution < -0.4 is 0 Å². The van der Waals surface area contributed by atoms with Gasteiger partial charge in [0, 0.05) is 12.5 Å². The van der Waals surface area contributed by atoms with Crippen molar-refractivity contribution in [3.05, 3.63) is 11.7 Å². The Balaban J connectivity index is 1.83. The average Bonchev–Trinajstić information content (AvgIpc) is 2.68. The topological polar surface area (TPSA) is 42.2 Å². The van der Waals surface area contributed by atoms with Gasteiger partial charge in [-0.05, 0) is 26.3 Å². The maximum Gasteiger partial charge on any atom is 0.240 e. The molecule has 4 nitrogen and oxygen atoms in total. The van der Waals surface area contributed by atoms with Crippen molar-refractivity contribution in [2.24, 2.45) is 0 Å². The van der Waals surface area contributed by atoms with Gasteiger partial charge in [0.25, 0.3) is 0 Å². The molecular formula is C15H27N3O. The van der Waals surface area contributed by atoms with E-state index in [1.54, 1.807) is 0 Å². The molecule has 0 saturated heterocycles. The Bertz CT molecular complexity index is 356. The number of nitrogens with zero attached hydrogens (tertiary/aromatic N) is 3. The van der Waals surface area contributed by atoms with Crippen molar-refractivity contribution < 1.29 is 4.52 Å². The third kappa shape index (κ3) is 4.60. The second kappa shape index (κ2) is 7.63. The smallest absolute Gasteiger partial charge is 0.240 e. The molecule has 0 unspecified atom stereocenters. The molecule has 0 spiro atoms. The molecule has 108 valence electrons. The molecule has 0 N–H and O–H groups in total. The molecule has 1 fully saturated rings. The highest BCUT2D eigenvalue weighted by Crippen LogP contribution is 2.22. The van der Waals surface area contributed by atoms with Crippen molar-refractivity contribution in [1.82, 2.24) is 15.0 Å². The molecule has 0 bridgehead atoms. The molecule has 0 atom stereocenters. The van der Waals surface area contributed by atoms with Gasteiger partial charge < -0.3 is 4.52 Å². The fraction of sp³-hybridized carbons (Fsp3) is 0.867. The average molecular weight is 265 g/mol. The molecule has 1 aromatic heterocycles. The molecule has 1 aliphatic carbocycles. The second-order valence-corrected chi connectivity index (χ2v) is 5.77. The Labute approximate surface area is 116 Å². The molecule has 2 rings (SSSR count). The number of rotatable bonds is 6. The minimum atomic E-state index is 0.688. The normalized spacial score (nSPS) is 17.8. The Morgan fingerprint density at radius 2 is 1.95 bits per heavy atom. The summed E-state index contributed by atoms with van der Waals surface area (Å²) < 4.78 is 5.35. The van der Waals surface area contributed by atoms with Crippen LogP contribution in [0.15, 0.2) is 4.52 Å². The Morgan fingerprint density at radius 3 is 2.63 bits per heavy atom. The first kappa shape index (κ1) is 14.5. The lowest BCUT2D eigenvalue weighted by molar-refractivity contribution is 0.187. The molecule has 1 heterocycles. The van der Waals surface area contributed by atoms with Crippen molar-refractivity contribution in [1.29, 1.82) is 0 Å². The predicted octanol–water partition coefficient (Wildman–Crippen LogP) is 3.57. The molecule has 0 aliphatic heterocycles. The molecule has 1 aliphatic rings. The summed E-state index contributed by atoms with van der Waals surface area (Å²) in [4.78, 5) is 6.88. The maximum absolute atomic E-state index is 5.35. The fourth-order valence-corrected chi connectivity index (χ4v) is 2.83. The molecule has 19 heavy (non-hydrogen) atoms. The van der Waals surface area contributed by atoms with E-state index in [1.807, 2.05) is 0 Å². The summed E-state index contributed by atoms with van der Waals surface area (Å²) in [5.41, 5.74) is 0. The van der Waals surface area contributed by atoms with Crippen LogP contribution in [0, 0.1) is 0 Å². The Kier molecular flexibility index (Phi) is 5.83. The van der Waals surface area contributed by atoms with Gasteiger partial charge in [0.05, 0.1) is 6.54 Å². The Morgan fingerprint density at radius 1 is 1.21 bits per heavy atom. The van der Waals surface area contributed by atoms with Crippen LogP contribution in [0.25, 0.3) is 0 Å². The van der Waals surface area contributed by atoms with Gasteiger partial charge in [0.2, 0.25) is 5.89 Å². The van der Waals surface area contributed by atoms with E-state index < -0.39 is 0 Å². The standard InChI is InChI=1S/C15H27N3O/c1-3-4-11-14-16-15(19-17-14)12-18(2)13-9-7-5-6-8-10-13/h13H,3-12H2,1-2H3. The largest absolute Gasteiger partial charge is 0.338 e. The monoisotopic (exact) mass is 265 g/mol. The minimum absolute atomic E-state index is 0.688. The van der Waals surface area contributed by atoms with E-state index in [4.69, 9.17) is 4.52 Å². The zero-order chi connectivity index (χ0) is 13.5. The van der Waals surface area contributed by atoms with Gasteiger partial charge in [0.1, 0.15) is 0 Å². The molecule has 0 amide bonds. The lowest BCUT2D eigenvalue weighted by Crippen LogP contribution is -2.30. The number of aromatic nitrogens is 2. The van der Waals surface area contributed by atoms with E-state index in [1.165, 1.54) is 44.9 Å². The van der Waals surface area contributed by atoms with Crippen LogP contribution >= 0.6 is 0 Å². The van der Waals surface area contributed by atoms with Crippen LogP contribution in [-0.2, 0) is 13.0 Å². The SMILES string of the molecule is CCCCc1noc(CN(C)C2CCCCCC2)n1. The maximum atomic E-state index is 5.35. The summed E-state index contributed by atoms with van der Waals surface area (Å²) in [5.74, 6) is 1.64. The van der Waals surface area contributed by atoms with E-state index in [0.717, 1.165) is 31.1 Å². The van der Waals surface area contributed by atoms with Crippen molar-refractivity contribution in [2.75, 3.05) is 7.05 Å². The number of unbranched alkanes of at least 4 members (excludes halogenated alkanes) is 1. The molecule has 1 aromatic rings. The van der Waals surface area contributed by atoms with E-state index in [9.17, 15) is 0 Å². The molecule has 4 heteroatoms. The van der Waals surface area contributed by atoms with Gasteiger partial charge in [-0.15, -0.1) is 0 Å². The fourth-order valence-electron chi connectivity index (χ4n) is 2.83. The zero-order valence-electron chi connectivity index (χ0n) is 12.4. The second-order valence-electron chi connectivity index (χ2n) is 5.77. The lowest BCUT2D eigenvalue weighted by Gasteiger charge is -2.25. The van der Waals surface area contributed by atoms with Crippen LogP contribution in [0.3, 0.4) is 0 Å². The number of hydrogen-bond acceptors (Lipinski definition) is 4. The minimum Gasteiger partial charge on any atom is -0.338 e. The number of aryl methyl sites for hydroxylation is 1. The van der Waals surface area contributed by atoms with Crippen molar-refractivity contribution in [3.8, 4) is 0 Å². The third-order valence-electron chi connectivity index (χ3n) is 4.10. The summed E-state index contributed by atoms with van der Waals surface area (Å²) >= 11 is 0. The Hall–Kier alpha value is -0.900. The third-order valence-corrected chi connectivity index (χ3v) is 4.10. The lowest BCUT2D eigenvalue weighted by atomic mass is 10.1. The van der Waals surface area contributed by atoms with Gasteiger partial charge in [-0.3, -0.25) is 4.90 Å². The van der Waals surface area contributed by atoms with Crippen molar-refractivity contribution >= 4 is 0 Å². The van der Waals surface area contributed by atoms with E-state index in [-0.39, 0.29) is 0 Å². The summed E-state index contributed by atoms with van der Waals surface area (Å²) in [6.07, 6.45) is 11.4. The van der Waals surface area contributed by atoms with Crippen LogP contribution in [-0.4, -0.2) is 28.1 Å². The highest BCUT2D eigenvalue weighted by Gasteiger charge is 2.19. The van der Waals surface area contributed by atoms with Crippen molar-refractivity contribution in [2.45, 2.75) is 77.3 Å². The highest BCUT2D eigenvalue weighted by atomic mass is 16.5. The first-order chi connectivity index (χ1) is 9.29. The summed E-state index contributed by atoms with van der Waals surface area (Å²) in [6.45, 7) is 2.98. The molecule has 0 radical (unpaired) electrons. The molecule has 1 saturated carbocycles. The predicted molar refractivity (Wildman–Crippen MR) is 75.9 cm³/mol. The van der Waals surface area contributed by atoms with Crippen LogP contribution in [0.1, 0.15) is 70.0 Å². The van der Waals surface area contributed by atoms with Gasteiger partial charge in [0.15, 0.2) is 5.82 Å². The van der Waals surface area contributed by atoms with E-state index in [0.29, 0.717) is 6.04 Å². The van der Waals surface area contributed by atoms with E-state index >= 15 is 0 Å². The molecule has 0 aromatic carbocycles. The van der Waals surface area contributed by atoms with E-state index in [2.05, 4.69) is 29.0 Å². The molecular weight excluding hydrogens is 238 g/mol. The zero-order valence-corrected chi connectivity index (χ0v) is 12.4. The van der Waals surface area contributed by atoms with Gasteiger partial charge >= 0.3 is 0 Å². The first-order valence-electron chi connectivity index (χ1n) is 7.81.